The van der Waals surface area contributed by atoms with Gasteiger partial charge >= 0.3 is 5.97 Å². The Morgan fingerprint density at radius 3 is 2.94 bits per heavy atom. The van der Waals surface area contributed by atoms with Gasteiger partial charge in [-0.3, -0.25) is 0 Å². The maximum absolute atomic E-state index is 10.8. The molecule has 1 aromatic rings. The lowest BCUT2D eigenvalue weighted by Gasteiger charge is -2.14. The number of carboxylic acids is 1. The van der Waals surface area contributed by atoms with Gasteiger partial charge in [-0.05, 0) is 6.07 Å². The average molecular weight is 259 g/mol. The number of aliphatic hydroxyl groups is 1. The van der Waals surface area contributed by atoms with Gasteiger partial charge in [-0.15, -0.1) is 0 Å². The van der Waals surface area contributed by atoms with Crippen molar-refractivity contribution in [1.29, 1.82) is 0 Å². The first-order chi connectivity index (χ1) is 8.06. The lowest BCUT2D eigenvalue weighted by atomic mass is 10.0. The van der Waals surface area contributed by atoms with E-state index in [-0.39, 0.29) is 10.6 Å². The van der Waals surface area contributed by atoms with Crippen LogP contribution in [0.1, 0.15) is 17.2 Å². The second-order valence-corrected chi connectivity index (χ2v) is 4.01. The van der Waals surface area contributed by atoms with Crippen molar-refractivity contribution in [3.8, 4) is 11.5 Å². The molecule has 0 fully saturated rings. The predicted molar refractivity (Wildman–Crippen MR) is 59.8 cm³/mol. The van der Waals surface area contributed by atoms with Crippen LogP contribution in [-0.4, -0.2) is 29.9 Å². The van der Waals surface area contributed by atoms with Crippen molar-refractivity contribution in [1.82, 2.24) is 0 Å². The number of benzene rings is 1. The average Bonchev–Trinajstić information content (AvgIpc) is 2.78. The van der Waals surface area contributed by atoms with Crippen LogP contribution in [0, 0.1) is 0 Å². The summed E-state index contributed by atoms with van der Waals surface area (Å²) in [7, 11) is 1.45. The summed E-state index contributed by atoms with van der Waals surface area (Å²) in [5.74, 6) is -0.441. The molecule has 0 aromatic heterocycles. The molecule has 0 amide bonds. The molecular weight excluding hydrogens is 248 g/mol. The number of fused-ring (bicyclic) bond motifs is 1. The summed E-state index contributed by atoms with van der Waals surface area (Å²) in [4.78, 5) is 10.8. The summed E-state index contributed by atoms with van der Waals surface area (Å²) < 4.78 is 10.5. The number of hydrogen-bond donors (Lipinski definition) is 2. The SMILES string of the molecule is COc1cc(C(O)C(=O)O)c(Cl)c2c1OCC2. The molecule has 5 nitrogen and oxygen atoms in total. The molecule has 1 unspecified atom stereocenters. The van der Waals surface area contributed by atoms with Crippen LogP contribution >= 0.6 is 11.6 Å². The molecule has 0 bridgehead atoms. The zero-order valence-electron chi connectivity index (χ0n) is 9.07. The minimum absolute atomic E-state index is 0.125. The van der Waals surface area contributed by atoms with Gasteiger partial charge in [0.05, 0.1) is 18.7 Å². The smallest absolute Gasteiger partial charge is 0.337 e. The fourth-order valence-electron chi connectivity index (χ4n) is 1.81. The van der Waals surface area contributed by atoms with Gasteiger partial charge in [-0.2, -0.15) is 0 Å². The van der Waals surface area contributed by atoms with Crippen LogP contribution in [0.2, 0.25) is 5.02 Å². The number of methoxy groups -OCH3 is 1. The third-order valence-electron chi connectivity index (χ3n) is 2.65. The number of ether oxygens (including phenoxy) is 2. The van der Waals surface area contributed by atoms with Gasteiger partial charge in [0.2, 0.25) is 0 Å². The van der Waals surface area contributed by atoms with Crippen molar-refractivity contribution in [3.05, 3.63) is 22.2 Å². The Hall–Kier alpha value is -1.46. The zero-order valence-corrected chi connectivity index (χ0v) is 9.82. The third-order valence-corrected chi connectivity index (χ3v) is 3.10. The lowest BCUT2D eigenvalue weighted by molar-refractivity contribution is -0.146. The van der Waals surface area contributed by atoms with Crippen molar-refractivity contribution in [2.24, 2.45) is 0 Å². The highest BCUT2D eigenvalue weighted by atomic mass is 35.5. The molecule has 2 rings (SSSR count). The van der Waals surface area contributed by atoms with Gasteiger partial charge in [0.25, 0.3) is 0 Å². The Balaban J connectivity index is 2.58. The van der Waals surface area contributed by atoms with E-state index in [4.69, 9.17) is 26.2 Å². The first-order valence-corrected chi connectivity index (χ1v) is 5.37. The molecule has 1 aromatic carbocycles. The standard InChI is InChI=1S/C11H11ClO5/c1-16-7-4-6(9(13)11(14)15)8(12)5-2-3-17-10(5)7/h4,9,13H,2-3H2,1H3,(H,14,15). The Morgan fingerprint density at radius 1 is 1.65 bits per heavy atom. The van der Waals surface area contributed by atoms with Crippen LogP contribution in [0.25, 0.3) is 0 Å². The van der Waals surface area contributed by atoms with E-state index in [0.717, 1.165) is 0 Å². The normalized spacial score (nSPS) is 15.0. The van der Waals surface area contributed by atoms with Crippen molar-refractivity contribution in [2.45, 2.75) is 12.5 Å². The van der Waals surface area contributed by atoms with Crippen LogP contribution in [0.5, 0.6) is 11.5 Å². The summed E-state index contributed by atoms with van der Waals surface area (Å²) in [5.41, 5.74) is 0.807. The fourth-order valence-corrected chi connectivity index (χ4v) is 2.15. The Kier molecular flexibility index (Phi) is 3.13. The number of aliphatic hydroxyl groups excluding tert-OH is 1. The molecule has 92 valence electrons. The molecular formula is C11H11ClO5. The fraction of sp³-hybridized carbons (Fsp3) is 0.364. The van der Waals surface area contributed by atoms with E-state index in [2.05, 4.69) is 0 Å². The van der Waals surface area contributed by atoms with Crippen LogP contribution < -0.4 is 9.47 Å². The van der Waals surface area contributed by atoms with E-state index in [9.17, 15) is 9.90 Å². The monoisotopic (exact) mass is 258 g/mol. The predicted octanol–water partition coefficient (Wildman–Crippen LogP) is 1.40. The number of hydrogen-bond acceptors (Lipinski definition) is 4. The molecule has 0 aliphatic carbocycles. The van der Waals surface area contributed by atoms with Crippen molar-refractivity contribution in [3.63, 3.8) is 0 Å². The minimum Gasteiger partial charge on any atom is -0.493 e. The molecule has 1 aliphatic rings. The van der Waals surface area contributed by atoms with E-state index in [1.54, 1.807) is 0 Å². The maximum atomic E-state index is 10.8. The highest BCUT2D eigenvalue weighted by Gasteiger charge is 2.28. The second-order valence-electron chi connectivity index (χ2n) is 3.63. The Morgan fingerprint density at radius 2 is 2.35 bits per heavy atom. The number of carboxylic acid groups (broad SMARTS) is 1. The van der Waals surface area contributed by atoms with Gasteiger partial charge < -0.3 is 19.7 Å². The van der Waals surface area contributed by atoms with Gasteiger partial charge in [-0.1, -0.05) is 11.6 Å². The molecule has 1 aliphatic heterocycles. The highest BCUT2D eigenvalue weighted by Crippen LogP contribution is 2.43. The van der Waals surface area contributed by atoms with Gasteiger partial charge in [0.1, 0.15) is 0 Å². The zero-order chi connectivity index (χ0) is 12.6. The third kappa shape index (κ3) is 1.92. The number of halogens is 1. The van der Waals surface area contributed by atoms with Crippen LogP contribution in [0.4, 0.5) is 0 Å². The van der Waals surface area contributed by atoms with Crippen LogP contribution in [0.3, 0.4) is 0 Å². The summed E-state index contributed by atoms with van der Waals surface area (Å²) in [6.07, 6.45) is -1.09. The molecule has 0 saturated carbocycles. The Bertz CT molecular complexity index is 471. The van der Waals surface area contributed by atoms with Crippen molar-refractivity contribution >= 4 is 17.6 Å². The number of aliphatic carboxylic acids is 1. The quantitative estimate of drug-likeness (QED) is 0.857. The molecule has 0 saturated heterocycles. The van der Waals surface area contributed by atoms with E-state index >= 15 is 0 Å². The van der Waals surface area contributed by atoms with E-state index in [0.29, 0.717) is 30.1 Å². The van der Waals surface area contributed by atoms with Crippen molar-refractivity contribution in [2.75, 3.05) is 13.7 Å². The Labute approximate surface area is 103 Å². The molecule has 2 N–H and O–H groups in total. The molecule has 1 atom stereocenters. The summed E-state index contributed by atoms with van der Waals surface area (Å²) in [6.45, 7) is 0.470. The van der Waals surface area contributed by atoms with Gasteiger partial charge in [0, 0.05) is 17.5 Å². The first-order valence-electron chi connectivity index (χ1n) is 4.99. The summed E-state index contributed by atoms with van der Waals surface area (Å²) in [6, 6.07) is 1.39. The van der Waals surface area contributed by atoms with E-state index in [1.807, 2.05) is 0 Å². The van der Waals surface area contributed by atoms with E-state index < -0.39 is 12.1 Å². The van der Waals surface area contributed by atoms with Crippen LogP contribution in [-0.2, 0) is 11.2 Å². The summed E-state index contributed by atoms with van der Waals surface area (Å²) >= 11 is 6.06. The largest absolute Gasteiger partial charge is 0.493 e. The van der Waals surface area contributed by atoms with E-state index in [1.165, 1.54) is 13.2 Å². The topological polar surface area (TPSA) is 76.0 Å². The minimum atomic E-state index is -1.66. The number of rotatable bonds is 3. The highest BCUT2D eigenvalue weighted by molar-refractivity contribution is 6.32. The van der Waals surface area contributed by atoms with Gasteiger partial charge in [0.15, 0.2) is 17.6 Å². The molecule has 0 radical (unpaired) electrons. The van der Waals surface area contributed by atoms with Crippen LogP contribution in [0.15, 0.2) is 6.07 Å². The number of carbonyl (C=O) groups is 1. The lowest BCUT2D eigenvalue weighted by Crippen LogP contribution is -2.11. The molecule has 1 heterocycles. The van der Waals surface area contributed by atoms with Crippen molar-refractivity contribution < 1.29 is 24.5 Å². The molecule has 6 heteroatoms. The maximum Gasteiger partial charge on any atom is 0.337 e. The second kappa shape index (κ2) is 4.43. The summed E-state index contributed by atoms with van der Waals surface area (Å²) in [5, 5.41) is 18.6. The molecule has 0 spiro atoms. The first kappa shape index (κ1) is 12.0. The molecule has 17 heavy (non-hydrogen) atoms. The van der Waals surface area contributed by atoms with Gasteiger partial charge in [-0.25, -0.2) is 4.79 Å².